The maximum atomic E-state index is 14.2. The van der Waals surface area contributed by atoms with Crippen molar-refractivity contribution in [3.8, 4) is 12.3 Å². The van der Waals surface area contributed by atoms with Crippen molar-refractivity contribution in [1.82, 2.24) is 14.6 Å². The van der Waals surface area contributed by atoms with Gasteiger partial charge in [-0.1, -0.05) is 122 Å². The lowest BCUT2D eigenvalue weighted by molar-refractivity contribution is -0.0806. The number of nitrogen functional groups attached to an aromatic ring is 1. The fourth-order valence-electron chi connectivity index (χ4n) is 6.49. The van der Waals surface area contributed by atoms with Gasteiger partial charge < -0.3 is 30.3 Å². The van der Waals surface area contributed by atoms with Gasteiger partial charge in [0.2, 0.25) is 0 Å². The van der Waals surface area contributed by atoms with E-state index in [1.165, 1.54) is 119 Å². The lowest BCUT2D eigenvalue weighted by Crippen LogP contribution is -2.37. The summed E-state index contributed by atoms with van der Waals surface area (Å²) in [5.41, 5.74) is 6.70. The first kappa shape index (κ1) is 46.7. The van der Waals surface area contributed by atoms with E-state index in [1.807, 2.05) is 0 Å². The summed E-state index contributed by atoms with van der Waals surface area (Å²) in [7, 11) is -4.79. The molecule has 3 rings (SSSR count). The van der Waals surface area contributed by atoms with Crippen LogP contribution in [-0.2, 0) is 29.7 Å². The summed E-state index contributed by atoms with van der Waals surface area (Å²) in [4.78, 5) is 14.4. The number of nitriles is 2. The molecule has 2 aromatic heterocycles. The lowest BCUT2D eigenvalue weighted by atomic mass is 10.0. The molecule has 0 aliphatic heterocycles. The SMILES string of the molecule is CCCCCCCCCCCCCCCCCCC[C@H](COP(=O)(O)OC[C@@H](OC#N)[C@@H](O)[C@@H](O)c1ccc2c(N)ncnn12)OCc1ccc(C#N)c(F)c1. The summed E-state index contributed by atoms with van der Waals surface area (Å²) in [5, 5.41) is 44.0. The van der Waals surface area contributed by atoms with Gasteiger partial charge in [-0.05, 0) is 36.2 Å². The average molecular weight is 803 g/mol. The van der Waals surface area contributed by atoms with Crippen LogP contribution < -0.4 is 5.73 Å². The number of ether oxygens (including phenoxy) is 2. The van der Waals surface area contributed by atoms with Crippen molar-refractivity contribution >= 4 is 19.2 Å². The molecular weight excluding hydrogens is 742 g/mol. The van der Waals surface area contributed by atoms with Gasteiger partial charge >= 0.3 is 7.82 Å². The first-order valence-electron chi connectivity index (χ1n) is 20.0. The Labute approximate surface area is 330 Å². The number of hydrogen-bond acceptors (Lipinski definition) is 12. The molecule has 16 heteroatoms. The molecule has 0 aliphatic carbocycles. The van der Waals surface area contributed by atoms with E-state index in [0.717, 1.165) is 32.0 Å². The molecule has 14 nitrogen and oxygen atoms in total. The van der Waals surface area contributed by atoms with Gasteiger partial charge in [0.15, 0.2) is 11.9 Å². The van der Waals surface area contributed by atoms with Gasteiger partial charge in [-0.2, -0.15) is 15.6 Å². The van der Waals surface area contributed by atoms with Crippen LogP contribution in [0.15, 0.2) is 36.7 Å². The van der Waals surface area contributed by atoms with Crippen LogP contribution in [0.3, 0.4) is 0 Å². The number of benzene rings is 1. The predicted octanol–water partition coefficient (Wildman–Crippen LogP) is 8.34. The summed E-state index contributed by atoms with van der Waals surface area (Å²) < 4.78 is 49.6. The number of phosphoric acid groups is 1. The monoisotopic (exact) mass is 802 g/mol. The number of unbranched alkanes of at least 4 members (excludes halogenated alkanes) is 16. The van der Waals surface area contributed by atoms with Crippen LogP contribution in [0.5, 0.6) is 0 Å². The zero-order chi connectivity index (χ0) is 40.6. The zero-order valence-electron chi connectivity index (χ0n) is 32.6. The van der Waals surface area contributed by atoms with Crippen molar-refractivity contribution in [2.75, 3.05) is 18.9 Å². The number of phosphoric ester groups is 1. The maximum Gasteiger partial charge on any atom is 0.472 e. The Morgan fingerprint density at radius 3 is 2.04 bits per heavy atom. The maximum absolute atomic E-state index is 14.2. The fraction of sp³-hybridized carbons (Fsp3) is 0.650. The Kier molecular flexibility index (Phi) is 21.9. The number of anilines is 1. The minimum Gasteiger partial charge on any atom is -0.419 e. The second-order valence-electron chi connectivity index (χ2n) is 14.2. The molecule has 1 aromatic carbocycles. The Morgan fingerprint density at radius 2 is 1.46 bits per heavy atom. The zero-order valence-corrected chi connectivity index (χ0v) is 33.5. The third-order valence-electron chi connectivity index (χ3n) is 9.82. The number of halogens is 1. The largest absolute Gasteiger partial charge is 0.472 e. The molecule has 56 heavy (non-hydrogen) atoms. The van der Waals surface area contributed by atoms with Crippen molar-refractivity contribution < 1.29 is 42.6 Å². The highest BCUT2D eigenvalue weighted by molar-refractivity contribution is 7.47. The molecular formula is C40H60FN6O8P. The molecule has 0 spiro atoms. The van der Waals surface area contributed by atoms with E-state index in [-0.39, 0.29) is 30.3 Å². The second kappa shape index (κ2) is 26.3. The molecule has 0 aliphatic rings. The molecule has 0 fully saturated rings. The quantitative estimate of drug-likeness (QED) is 0.0273. The number of fused-ring (bicyclic) bond motifs is 1. The van der Waals surface area contributed by atoms with E-state index in [1.54, 1.807) is 12.1 Å². The van der Waals surface area contributed by atoms with Gasteiger partial charge in [0.1, 0.15) is 35.9 Å². The van der Waals surface area contributed by atoms with Crippen molar-refractivity contribution in [3.63, 3.8) is 0 Å². The standard InChI is InChI=1S/C40H60FN6O8P/c1-2-3-4-5-6-7-8-9-10-11-12-13-14-15-16-17-18-19-33(52-26-31-20-21-32(25-42)34(41)24-31)27-54-56(50,51)55-28-37(53-29-43)39(49)38(48)35-22-23-36-40(44)45-30-46-47(35)36/h20-24,30,33,37-39,48-49H,2-19,26-28H2,1H3,(H,50,51)(H2,44,45,46)/t33-,37-,38+,39-/m1/s1. The van der Waals surface area contributed by atoms with E-state index in [4.69, 9.17) is 29.5 Å². The third-order valence-corrected chi connectivity index (χ3v) is 10.8. The number of nitrogens with two attached hydrogens (primary N) is 1. The van der Waals surface area contributed by atoms with Crippen LogP contribution in [-0.4, -0.2) is 61.2 Å². The lowest BCUT2D eigenvalue weighted by Gasteiger charge is -2.25. The van der Waals surface area contributed by atoms with Crippen molar-refractivity contribution in [2.45, 2.75) is 154 Å². The minimum atomic E-state index is -4.79. The second-order valence-corrected chi connectivity index (χ2v) is 15.7. The van der Waals surface area contributed by atoms with Crippen molar-refractivity contribution in [3.05, 3.63) is 59.3 Å². The van der Waals surface area contributed by atoms with E-state index >= 15 is 0 Å². The minimum absolute atomic E-state index is 0.0284. The van der Waals surface area contributed by atoms with Gasteiger partial charge in [0, 0.05) is 0 Å². The van der Waals surface area contributed by atoms with Crippen molar-refractivity contribution in [2.24, 2.45) is 0 Å². The van der Waals surface area contributed by atoms with E-state index in [2.05, 4.69) is 17.0 Å². The Balaban J connectivity index is 1.44. The third kappa shape index (κ3) is 16.8. The van der Waals surface area contributed by atoms with E-state index in [9.17, 15) is 29.3 Å². The van der Waals surface area contributed by atoms with Gasteiger partial charge in [0.05, 0.1) is 37.2 Å². The fourth-order valence-corrected chi connectivity index (χ4v) is 7.26. The molecule has 5 N–H and O–H groups in total. The molecule has 3 aromatic rings. The number of hydrogen-bond donors (Lipinski definition) is 4. The summed E-state index contributed by atoms with van der Waals surface area (Å²) in [6.45, 7) is 1.07. The summed E-state index contributed by atoms with van der Waals surface area (Å²) in [5.74, 6) is -0.539. The van der Waals surface area contributed by atoms with Gasteiger partial charge in [0.25, 0.3) is 6.26 Å². The molecule has 310 valence electrons. The van der Waals surface area contributed by atoms with Gasteiger partial charge in [-0.25, -0.2) is 18.5 Å². The van der Waals surface area contributed by atoms with Crippen LogP contribution in [0.2, 0.25) is 0 Å². The Morgan fingerprint density at radius 1 is 0.875 bits per heavy atom. The predicted molar refractivity (Wildman–Crippen MR) is 209 cm³/mol. The first-order chi connectivity index (χ1) is 27.1. The average Bonchev–Trinajstić information content (AvgIpc) is 3.63. The van der Waals surface area contributed by atoms with Crippen LogP contribution in [0.1, 0.15) is 145 Å². The van der Waals surface area contributed by atoms with Crippen LogP contribution in [0, 0.1) is 28.7 Å². The van der Waals surface area contributed by atoms with Crippen molar-refractivity contribution in [1.29, 1.82) is 10.5 Å². The molecule has 0 saturated carbocycles. The number of nitrogens with zero attached hydrogens (tertiary/aromatic N) is 5. The topological polar surface area (TPSA) is 218 Å². The molecule has 2 heterocycles. The number of rotatable bonds is 31. The molecule has 0 bridgehead atoms. The Hall–Kier alpha value is -3.66. The summed E-state index contributed by atoms with van der Waals surface area (Å²) in [6.07, 6.45) is 18.3. The van der Waals surface area contributed by atoms with Crippen LogP contribution >= 0.6 is 7.82 Å². The normalized spacial score (nSPS) is 14.8. The number of aliphatic hydroxyl groups excluding tert-OH is 2. The van der Waals surface area contributed by atoms with E-state index < -0.39 is 44.7 Å². The van der Waals surface area contributed by atoms with E-state index in [0.29, 0.717) is 17.5 Å². The number of aliphatic hydroxyl groups is 2. The highest BCUT2D eigenvalue weighted by atomic mass is 31.2. The van der Waals surface area contributed by atoms with Crippen LogP contribution in [0.25, 0.3) is 5.52 Å². The molecule has 5 atom stereocenters. The highest BCUT2D eigenvalue weighted by Crippen LogP contribution is 2.44. The molecule has 0 amide bonds. The smallest absolute Gasteiger partial charge is 0.419 e. The Bertz CT molecular complexity index is 1700. The molecule has 1 unspecified atom stereocenters. The number of aromatic nitrogens is 3. The van der Waals surface area contributed by atoms with Crippen LogP contribution in [0.4, 0.5) is 10.2 Å². The molecule has 0 radical (unpaired) electrons. The summed E-state index contributed by atoms with van der Waals surface area (Å²) >= 11 is 0. The van der Waals surface area contributed by atoms with Gasteiger partial charge in [-0.3, -0.25) is 9.05 Å². The highest BCUT2D eigenvalue weighted by Gasteiger charge is 2.35. The summed E-state index contributed by atoms with van der Waals surface area (Å²) in [6, 6.07) is 8.90. The first-order valence-corrected chi connectivity index (χ1v) is 21.5. The van der Waals surface area contributed by atoms with Gasteiger partial charge in [-0.15, -0.1) is 0 Å². The molecule has 0 saturated heterocycles.